The molecule has 0 aliphatic heterocycles. The van der Waals surface area contributed by atoms with E-state index >= 15 is 0 Å². The van der Waals surface area contributed by atoms with Crippen LogP contribution in [0.2, 0.25) is 0 Å². The first-order valence-corrected chi connectivity index (χ1v) is 4.31. The lowest BCUT2D eigenvalue weighted by Crippen LogP contribution is -2.19. The topological polar surface area (TPSA) is 38.0 Å². The van der Waals surface area contributed by atoms with Crippen LogP contribution in [0.1, 0.15) is 0 Å². The second-order valence-corrected chi connectivity index (χ2v) is 3.41. The average Bonchev–Trinajstić information content (AvgIpc) is 1.94. The Morgan fingerprint density at radius 1 is 1.58 bits per heavy atom. The number of hydrogen-bond acceptors (Lipinski definition) is 1. The van der Waals surface area contributed by atoms with Crippen LogP contribution in [-0.2, 0) is 0 Å². The summed E-state index contributed by atoms with van der Waals surface area (Å²) < 4.78 is 13.2. The molecule has 1 rings (SSSR count). The molecule has 0 heterocycles. The van der Waals surface area contributed by atoms with Crippen LogP contribution in [-0.4, -0.2) is 5.11 Å². The number of rotatable bonds is 1. The molecule has 0 spiro atoms. The van der Waals surface area contributed by atoms with Gasteiger partial charge in [-0.2, -0.15) is 0 Å². The first-order valence-electron chi connectivity index (χ1n) is 3.11. The van der Waals surface area contributed by atoms with E-state index < -0.39 is 0 Å². The van der Waals surface area contributed by atoms with E-state index in [0.717, 1.165) is 0 Å². The van der Waals surface area contributed by atoms with Gasteiger partial charge in [-0.25, -0.2) is 4.39 Å². The Kier molecular flexibility index (Phi) is 2.99. The fraction of sp³-hybridized carbons (Fsp3) is 0. The normalized spacial score (nSPS) is 9.50. The predicted octanol–water partition coefficient (Wildman–Crippen LogP) is 2.24. The molecule has 0 amide bonds. The number of halogens is 2. The Morgan fingerprint density at radius 2 is 2.25 bits per heavy atom. The van der Waals surface area contributed by atoms with Gasteiger partial charge in [-0.05, 0) is 46.3 Å². The molecule has 1 aromatic rings. The van der Waals surface area contributed by atoms with E-state index in [1.807, 2.05) is 0 Å². The molecule has 0 unspecified atom stereocenters. The summed E-state index contributed by atoms with van der Waals surface area (Å²) in [7, 11) is 0. The molecule has 1 aromatic carbocycles. The summed E-state index contributed by atoms with van der Waals surface area (Å²) >= 11 is 7.78. The molecule has 0 saturated carbocycles. The number of hydrogen-bond donors (Lipinski definition) is 2. The Balaban J connectivity index is 2.93. The largest absolute Gasteiger partial charge is 0.376 e. The van der Waals surface area contributed by atoms with Crippen molar-refractivity contribution in [2.45, 2.75) is 0 Å². The van der Waals surface area contributed by atoms with Gasteiger partial charge in [-0.1, -0.05) is 0 Å². The molecule has 0 fully saturated rings. The van der Waals surface area contributed by atoms with Crippen LogP contribution in [0.5, 0.6) is 0 Å². The number of anilines is 1. The van der Waals surface area contributed by atoms with Gasteiger partial charge >= 0.3 is 0 Å². The quantitative estimate of drug-likeness (QED) is 0.749. The van der Waals surface area contributed by atoms with Gasteiger partial charge in [-0.15, -0.1) is 0 Å². The van der Waals surface area contributed by atoms with Crippen molar-refractivity contribution in [2.75, 3.05) is 5.32 Å². The molecule has 0 aliphatic carbocycles. The van der Waals surface area contributed by atoms with E-state index in [2.05, 4.69) is 33.5 Å². The van der Waals surface area contributed by atoms with Crippen molar-refractivity contribution in [2.24, 2.45) is 5.73 Å². The minimum absolute atomic E-state index is 0.155. The van der Waals surface area contributed by atoms with Crippen LogP contribution in [0, 0.1) is 5.82 Å². The van der Waals surface area contributed by atoms with E-state index in [1.54, 1.807) is 6.07 Å². The average molecular weight is 249 g/mol. The second kappa shape index (κ2) is 3.82. The van der Waals surface area contributed by atoms with Crippen molar-refractivity contribution in [3.63, 3.8) is 0 Å². The number of nitrogens with one attached hydrogen (secondary N) is 1. The molecule has 12 heavy (non-hydrogen) atoms. The first kappa shape index (κ1) is 9.41. The van der Waals surface area contributed by atoms with Gasteiger partial charge in [0.15, 0.2) is 5.11 Å². The van der Waals surface area contributed by atoms with E-state index in [0.29, 0.717) is 10.2 Å². The van der Waals surface area contributed by atoms with E-state index in [4.69, 9.17) is 5.73 Å². The molecule has 3 N–H and O–H groups in total. The highest BCUT2D eigenvalue weighted by Crippen LogP contribution is 2.22. The lowest BCUT2D eigenvalue weighted by molar-refractivity contribution is 0.627. The maximum absolute atomic E-state index is 12.6. The number of nitrogens with two attached hydrogens (primary N) is 1. The standard InChI is InChI=1S/C7H6BrFN2S/c8-5-3-4(9)1-2-6(5)11-7(10)12/h1-3H,(H3,10,11,12). The SMILES string of the molecule is NC(=S)Nc1ccc(F)cc1Br. The lowest BCUT2D eigenvalue weighted by Gasteiger charge is -2.05. The maximum Gasteiger partial charge on any atom is 0.168 e. The van der Waals surface area contributed by atoms with Gasteiger partial charge < -0.3 is 11.1 Å². The van der Waals surface area contributed by atoms with Gasteiger partial charge in [0, 0.05) is 4.47 Å². The fourth-order valence-corrected chi connectivity index (χ4v) is 1.28. The molecule has 0 bridgehead atoms. The highest BCUT2D eigenvalue weighted by molar-refractivity contribution is 9.10. The summed E-state index contributed by atoms with van der Waals surface area (Å²) in [4.78, 5) is 0. The van der Waals surface area contributed by atoms with Crippen molar-refractivity contribution in [1.82, 2.24) is 0 Å². The van der Waals surface area contributed by atoms with Crippen LogP contribution in [0.25, 0.3) is 0 Å². The third kappa shape index (κ3) is 2.42. The minimum Gasteiger partial charge on any atom is -0.376 e. The zero-order chi connectivity index (χ0) is 9.14. The Morgan fingerprint density at radius 3 is 2.75 bits per heavy atom. The van der Waals surface area contributed by atoms with Crippen molar-refractivity contribution >= 4 is 38.9 Å². The van der Waals surface area contributed by atoms with Crippen molar-refractivity contribution < 1.29 is 4.39 Å². The van der Waals surface area contributed by atoms with E-state index in [-0.39, 0.29) is 10.9 Å². The highest BCUT2D eigenvalue weighted by Gasteiger charge is 2.00. The molecule has 0 aromatic heterocycles. The summed E-state index contributed by atoms with van der Waals surface area (Å²) in [6.07, 6.45) is 0. The van der Waals surface area contributed by atoms with Crippen LogP contribution >= 0.6 is 28.1 Å². The zero-order valence-electron chi connectivity index (χ0n) is 5.97. The van der Waals surface area contributed by atoms with Crippen LogP contribution in [0.15, 0.2) is 22.7 Å². The summed E-state index contributed by atoms with van der Waals surface area (Å²) in [5, 5.41) is 2.85. The van der Waals surface area contributed by atoms with E-state index in [1.165, 1.54) is 12.1 Å². The predicted molar refractivity (Wildman–Crippen MR) is 54.5 cm³/mol. The minimum atomic E-state index is -0.310. The smallest absolute Gasteiger partial charge is 0.168 e. The second-order valence-electron chi connectivity index (χ2n) is 2.11. The Bertz CT molecular complexity index is 316. The molecule has 0 aliphatic rings. The van der Waals surface area contributed by atoms with Crippen molar-refractivity contribution in [3.05, 3.63) is 28.5 Å². The lowest BCUT2D eigenvalue weighted by atomic mass is 10.3. The van der Waals surface area contributed by atoms with Gasteiger partial charge in [0.1, 0.15) is 5.82 Å². The van der Waals surface area contributed by atoms with Crippen LogP contribution < -0.4 is 11.1 Å². The molecule has 0 saturated heterocycles. The van der Waals surface area contributed by atoms with E-state index in [9.17, 15) is 4.39 Å². The van der Waals surface area contributed by atoms with Gasteiger partial charge in [0.25, 0.3) is 0 Å². The fourth-order valence-electron chi connectivity index (χ4n) is 0.724. The molecule has 0 atom stereocenters. The third-order valence-corrected chi connectivity index (χ3v) is 1.95. The third-order valence-electron chi connectivity index (χ3n) is 1.19. The number of thiocarbonyl (C=S) groups is 1. The molecule has 5 heteroatoms. The molecule has 2 nitrogen and oxygen atoms in total. The highest BCUT2D eigenvalue weighted by atomic mass is 79.9. The van der Waals surface area contributed by atoms with Crippen molar-refractivity contribution in [1.29, 1.82) is 0 Å². The van der Waals surface area contributed by atoms with Crippen LogP contribution in [0.3, 0.4) is 0 Å². The van der Waals surface area contributed by atoms with Crippen molar-refractivity contribution in [3.8, 4) is 0 Å². The van der Waals surface area contributed by atoms with Gasteiger partial charge in [0.2, 0.25) is 0 Å². The zero-order valence-corrected chi connectivity index (χ0v) is 8.38. The summed E-state index contributed by atoms with van der Waals surface area (Å²) in [5.41, 5.74) is 5.89. The molecule has 0 radical (unpaired) electrons. The monoisotopic (exact) mass is 248 g/mol. The van der Waals surface area contributed by atoms with Crippen LogP contribution in [0.4, 0.5) is 10.1 Å². The Hall–Kier alpha value is -0.680. The van der Waals surface area contributed by atoms with Gasteiger partial charge in [-0.3, -0.25) is 0 Å². The summed E-state index contributed by atoms with van der Waals surface area (Å²) in [6.45, 7) is 0. The number of benzene rings is 1. The first-order chi connectivity index (χ1) is 5.59. The molecular formula is C7H6BrFN2S. The molecule has 64 valence electrons. The summed E-state index contributed by atoms with van der Waals surface area (Å²) in [5.74, 6) is -0.310. The molecular weight excluding hydrogens is 243 g/mol. The van der Waals surface area contributed by atoms with Gasteiger partial charge in [0.05, 0.1) is 5.69 Å². The Labute approximate surface area is 83.1 Å². The summed E-state index contributed by atoms with van der Waals surface area (Å²) in [6, 6.07) is 4.21. The maximum atomic E-state index is 12.6.